The number of aromatic nitrogens is 2. The molecule has 4 rings (SSSR count). The van der Waals surface area contributed by atoms with Gasteiger partial charge in [-0.15, -0.1) is 0 Å². The van der Waals surface area contributed by atoms with Crippen LogP contribution in [0.15, 0.2) is 64.4 Å². The Morgan fingerprint density at radius 2 is 1.57 bits per heavy atom. The number of rotatable bonds is 4. The minimum Gasteiger partial charge on any atom is -0.295 e. The van der Waals surface area contributed by atoms with E-state index in [1.54, 1.807) is 33.4 Å². The lowest BCUT2D eigenvalue weighted by molar-refractivity contribution is 0.500. The van der Waals surface area contributed by atoms with Crippen LogP contribution < -0.4 is 5.69 Å². The van der Waals surface area contributed by atoms with Gasteiger partial charge in [0, 0.05) is 24.1 Å². The standard InChI is InChI=1S/C21H21FN2O3S/c1-28(26,27)19-12-6-15(7-13-19)20-14-23(17-4-2-3-5-17)21(25)24(20)18-10-8-16(22)9-11-18/h6-14,17H,2-5H2,1H3. The van der Waals surface area contributed by atoms with Crippen molar-refractivity contribution in [1.29, 1.82) is 0 Å². The van der Waals surface area contributed by atoms with Gasteiger partial charge in [-0.3, -0.25) is 9.13 Å². The molecule has 3 aromatic rings. The highest BCUT2D eigenvalue weighted by Crippen LogP contribution is 2.31. The van der Waals surface area contributed by atoms with Crippen molar-refractivity contribution in [3.8, 4) is 16.9 Å². The normalized spacial score (nSPS) is 15.2. The Morgan fingerprint density at radius 3 is 2.14 bits per heavy atom. The molecule has 0 atom stereocenters. The van der Waals surface area contributed by atoms with Crippen molar-refractivity contribution >= 4 is 9.84 Å². The fourth-order valence-electron chi connectivity index (χ4n) is 3.82. The van der Waals surface area contributed by atoms with Gasteiger partial charge in [-0.05, 0) is 49.2 Å². The van der Waals surface area contributed by atoms with Crippen LogP contribution in [0.1, 0.15) is 31.7 Å². The second-order valence-corrected chi connectivity index (χ2v) is 9.27. The zero-order valence-electron chi connectivity index (χ0n) is 15.5. The first-order chi connectivity index (χ1) is 13.3. The predicted molar refractivity (Wildman–Crippen MR) is 106 cm³/mol. The average Bonchev–Trinajstić information content (AvgIpc) is 3.30. The summed E-state index contributed by atoms with van der Waals surface area (Å²) in [5.41, 5.74) is 1.79. The molecule has 1 saturated carbocycles. The molecular formula is C21H21FN2O3S. The summed E-state index contributed by atoms with van der Waals surface area (Å²) in [6.45, 7) is 0. The highest BCUT2D eigenvalue weighted by Gasteiger charge is 2.23. The van der Waals surface area contributed by atoms with Crippen LogP contribution in [0.25, 0.3) is 16.9 Å². The average molecular weight is 400 g/mol. The van der Waals surface area contributed by atoms with Crippen molar-refractivity contribution in [3.63, 3.8) is 0 Å². The van der Waals surface area contributed by atoms with Crippen molar-refractivity contribution in [3.05, 3.63) is 71.0 Å². The highest BCUT2D eigenvalue weighted by molar-refractivity contribution is 7.90. The molecule has 0 amide bonds. The number of imidazole rings is 1. The van der Waals surface area contributed by atoms with Crippen LogP contribution in [0, 0.1) is 5.82 Å². The zero-order chi connectivity index (χ0) is 19.9. The Kier molecular flexibility index (Phi) is 4.71. The first kappa shape index (κ1) is 18.7. The SMILES string of the molecule is CS(=O)(=O)c1ccc(-c2cn(C3CCCC3)c(=O)n2-c2ccc(F)cc2)cc1. The fourth-order valence-corrected chi connectivity index (χ4v) is 4.45. The maximum atomic E-state index is 13.4. The van der Waals surface area contributed by atoms with Gasteiger partial charge in [0.15, 0.2) is 9.84 Å². The molecule has 7 heteroatoms. The molecule has 0 saturated heterocycles. The van der Waals surface area contributed by atoms with E-state index >= 15 is 0 Å². The Bertz CT molecular complexity index is 1150. The van der Waals surface area contributed by atoms with E-state index in [-0.39, 0.29) is 22.4 Å². The molecule has 0 aliphatic heterocycles. The van der Waals surface area contributed by atoms with Gasteiger partial charge in [0.1, 0.15) is 5.82 Å². The van der Waals surface area contributed by atoms with Crippen LogP contribution in [0.2, 0.25) is 0 Å². The molecular weight excluding hydrogens is 379 g/mol. The van der Waals surface area contributed by atoms with E-state index in [2.05, 4.69) is 0 Å². The van der Waals surface area contributed by atoms with Gasteiger partial charge in [0.25, 0.3) is 0 Å². The third-order valence-electron chi connectivity index (χ3n) is 5.30. The molecule has 1 aromatic heterocycles. The lowest BCUT2D eigenvalue weighted by atomic mass is 10.1. The van der Waals surface area contributed by atoms with E-state index < -0.39 is 9.84 Å². The van der Waals surface area contributed by atoms with Crippen LogP contribution in [0.4, 0.5) is 4.39 Å². The summed E-state index contributed by atoms with van der Waals surface area (Å²) in [5, 5.41) is 0. The lowest BCUT2D eigenvalue weighted by Crippen LogP contribution is -2.25. The Morgan fingerprint density at radius 1 is 0.964 bits per heavy atom. The van der Waals surface area contributed by atoms with E-state index in [9.17, 15) is 17.6 Å². The molecule has 1 aliphatic rings. The molecule has 0 N–H and O–H groups in total. The van der Waals surface area contributed by atoms with Crippen molar-refractivity contribution in [1.82, 2.24) is 9.13 Å². The van der Waals surface area contributed by atoms with Gasteiger partial charge in [0.2, 0.25) is 0 Å². The van der Waals surface area contributed by atoms with Crippen molar-refractivity contribution in [2.75, 3.05) is 6.26 Å². The van der Waals surface area contributed by atoms with E-state index in [0.29, 0.717) is 11.4 Å². The molecule has 1 heterocycles. The van der Waals surface area contributed by atoms with E-state index in [1.807, 2.05) is 6.20 Å². The van der Waals surface area contributed by atoms with Gasteiger partial charge in [-0.1, -0.05) is 25.0 Å². The summed E-state index contributed by atoms with van der Waals surface area (Å²) in [6, 6.07) is 12.4. The molecule has 0 unspecified atom stereocenters. The van der Waals surface area contributed by atoms with Crippen LogP contribution in [0.5, 0.6) is 0 Å². The number of hydrogen-bond acceptors (Lipinski definition) is 3. The second kappa shape index (κ2) is 7.05. The third kappa shape index (κ3) is 3.42. The summed E-state index contributed by atoms with van der Waals surface area (Å²) in [7, 11) is -3.30. The van der Waals surface area contributed by atoms with Gasteiger partial charge in [-0.2, -0.15) is 0 Å². The molecule has 0 bridgehead atoms. The minimum atomic E-state index is -3.30. The number of halogens is 1. The number of nitrogens with zero attached hydrogens (tertiary/aromatic N) is 2. The molecule has 0 spiro atoms. The Labute approximate surface area is 163 Å². The highest BCUT2D eigenvalue weighted by atomic mass is 32.2. The maximum Gasteiger partial charge on any atom is 0.333 e. The molecule has 1 fully saturated rings. The Hall–Kier alpha value is -2.67. The summed E-state index contributed by atoms with van der Waals surface area (Å²) in [5.74, 6) is -0.369. The largest absolute Gasteiger partial charge is 0.333 e. The molecule has 5 nitrogen and oxygen atoms in total. The monoisotopic (exact) mass is 400 g/mol. The van der Waals surface area contributed by atoms with Crippen molar-refractivity contribution < 1.29 is 12.8 Å². The van der Waals surface area contributed by atoms with Crippen LogP contribution >= 0.6 is 0 Å². The second-order valence-electron chi connectivity index (χ2n) is 7.25. The van der Waals surface area contributed by atoms with Gasteiger partial charge in [0.05, 0.1) is 16.3 Å². The lowest BCUT2D eigenvalue weighted by Gasteiger charge is -2.09. The van der Waals surface area contributed by atoms with Gasteiger partial charge < -0.3 is 0 Å². The smallest absolute Gasteiger partial charge is 0.295 e. The zero-order valence-corrected chi connectivity index (χ0v) is 16.3. The van der Waals surface area contributed by atoms with Crippen molar-refractivity contribution in [2.45, 2.75) is 36.6 Å². The molecule has 1 aliphatic carbocycles. The van der Waals surface area contributed by atoms with Crippen LogP contribution in [0.3, 0.4) is 0 Å². The topological polar surface area (TPSA) is 61.1 Å². The van der Waals surface area contributed by atoms with Crippen LogP contribution in [-0.2, 0) is 9.84 Å². The number of hydrogen-bond donors (Lipinski definition) is 0. The summed E-state index contributed by atoms with van der Waals surface area (Å²) in [4.78, 5) is 13.4. The van der Waals surface area contributed by atoms with Crippen molar-refractivity contribution in [2.24, 2.45) is 0 Å². The van der Waals surface area contributed by atoms with Gasteiger partial charge >= 0.3 is 5.69 Å². The summed E-state index contributed by atoms with van der Waals surface area (Å²) < 4.78 is 40.2. The van der Waals surface area contributed by atoms with E-state index in [0.717, 1.165) is 37.5 Å². The third-order valence-corrected chi connectivity index (χ3v) is 6.42. The van der Waals surface area contributed by atoms with Crippen LogP contribution in [-0.4, -0.2) is 23.8 Å². The Balaban J connectivity index is 1.88. The maximum absolute atomic E-state index is 13.4. The number of sulfone groups is 1. The quantitative estimate of drug-likeness (QED) is 0.666. The van der Waals surface area contributed by atoms with Gasteiger partial charge in [-0.25, -0.2) is 17.6 Å². The summed E-state index contributed by atoms with van der Waals surface area (Å²) >= 11 is 0. The number of benzene rings is 2. The minimum absolute atomic E-state index is 0.156. The van der Waals surface area contributed by atoms with E-state index in [1.165, 1.54) is 24.3 Å². The fraction of sp³-hybridized carbons (Fsp3) is 0.286. The molecule has 0 radical (unpaired) electrons. The molecule has 28 heavy (non-hydrogen) atoms. The molecule has 2 aromatic carbocycles. The molecule has 146 valence electrons. The van der Waals surface area contributed by atoms with E-state index in [4.69, 9.17) is 0 Å². The summed E-state index contributed by atoms with van der Waals surface area (Å²) in [6.07, 6.45) is 7.10. The first-order valence-electron chi connectivity index (χ1n) is 9.25. The first-order valence-corrected chi connectivity index (χ1v) is 11.1. The predicted octanol–water partition coefficient (Wildman–Crippen LogP) is 3.96.